The van der Waals surface area contributed by atoms with Crippen molar-refractivity contribution in [3.8, 4) is 11.8 Å². The highest BCUT2D eigenvalue weighted by atomic mass is 19.1. The summed E-state index contributed by atoms with van der Waals surface area (Å²) in [5.74, 6) is -0.361. The largest absolute Gasteiger partial charge is 0.490 e. The first-order chi connectivity index (χ1) is 8.79. The first kappa shape index (κ1) is 12.1. The molecule has 0 radical (unpaired) electrons. The third-order valence-corrected chi connectivity index (χ3v) is 2.40. The number of nitriles is 1. The third kappa shape index (κ3) is 3.05. The first-order valence-electron chi connectivity index (χ1n) is 5.52. The summed E-state index contributed by atoms with van der Waals surface area (Å²) in [4.78, 5) is 4.14. The number of pyridine rings is 1. The SMILES string of the molecule is N#Cc1ccc(OCCc2ccccn2)c(F)c1. The van der Waals surface area contributed by atoms with Gasteiger partial charge in [-0.3, -0.25) is 4.98 Å². The Morgan fingerprint density at radius 1 is 1.28 bits per heavy atom. The van der Waals surface area contributed by atoms with Crippen LogP contribution in [0.5, 0.6) is 5.75 Å². The van der Waals surface area contributed by atoms with Gasteiger partial charge in [0.1, 0.15) is 0 Å². The molecule has 0 N–H and O–H groups in total. The van der Waals surface area contributed by atoms with Crippen molar-refractivity contribution < 1.29 is 9.13 Å². The van der Waals surface area contributed by atoms with Gasteiger partial charge in [-0.25, -0.2) is 4.39 Å². The van der Waals surface area contributed by atoms with Crippen molar-refractivity contribution in [1.82, 2.24) is 4.98 Å². The van der Waals surface area contributed by atoms with Crippen LogP contribution >= 0.6 is 0 Å². The molecule has 0 saturated heterocycles. The van der Waals surface area contributed by atoms with Gasteiger partial charge in [-0.2, -0.15) is 5.26 Å². The average molecular weight is 242 g/mol. The summed E-state index contributed by atoms with van der Waals surface area (Å²) in [6.07, 6.45) is 2.32. The van der Waals surface area contributed by atoms with Gasteiger partial charge in [-0.15, -0.1) is 0 Å². The van der Waals surface area contributed by atoms with Gasteiger partial charge in [0.15, 0.2) is 11.6 Å². The molecule has 4 heteroatoms. The summed E-state index contributed by atoms with van der Waals surface area (Å²) < 4.78 is 18.8. The maximum atomic E-state index is 13.5. The number of rotatable bonds is 4. The van der Waals surface area contributed by atoms with E-state index in [1.807, 2.05) is 24.3 Å². The molecule has 2 aromatic rings. The van der Waals surface area contributed by atoms with Crippen LogP contribution in [-0.4, -0.2) is 11.6 Å². The van der Waals surface area contributed by atoms with Gasteiger partial charge >= 0.3 is 0 Å². The molecule has 0 saturated carbocycles. The maximum Gasteiger partial charge on any atom is 0.166 e. The zero-order valence-electron chi connectivity index (χ0n) is 9.64. The van der Waals surface area contributed by atoms with E-state index in [1.165, 1.54) is 12.1 Å². The van der Waals surface area contributed by atoms with E-state index in [2.05, 4.69) is 4.98 Å². The van der Waals surface area contributed by atoms with Crippen LogP contribution in [0, 0.1) is 17.1 Å². The molecular formula is C14H11FN2O. The molecule has 0 atom stereocenters. The number of benzene rings is 1. The lowest BCUT2D eigenvalue weighted by atomic mass is 10.2. The van der Waals surface area contributed by atoms with E-state index >= 15 is 0 Å². The zero-order chi connectivity index (χ0) is 12.8. The standard InChI is InChI=1S/C14H11FN2O/c15-13-9-11(10-16)4-5-14(13)18-8-6-12-3-1-2-7-17-12/h1-5,7,9H,6,8H2. The van der Waals surface area contributed by atoms with Crippen LogP contribution in [0.3, 0.4) is 0 Å². The number of hydrogen-bond acceptors (Lipinski definition) is 3. The number of ether oxygens (including phenoxy) is 1. The van der Waals surface area contributed by atoms with Crippen molar-refractivity contribution in [2.24, 2.45) is 0 Å². The molecule has 0 spiro atoms. The van der Waals surface area contributed by atoms with E-state index in [1.54, 1.807) is 6.20 Å². The highest BCUT2D eigenvalue weighted by molar-refractivity contribution is 5.35. The van der Waals surface area contributed by atoms with Crippen molar-refractivity contribution in [2.45, 2.75) is 6.42 Å². The van der Waals surface area contributed by atoms with E-state index in [4.69, 9.17) is 10.00 Å². The minimum Gasteiger partial charge on any atom is -0.490 e. The van der Waals surface area contributed by atoms with Crippen molar-refractivity contribution in [2.75, 3.05) is 6.61 Å². The second-order valence-corrected chi connectivity index (χ2v) is 3.68. The van der Waals surface area contributed by atoms with E-state index in [0.29, 0.717) is 13.0 Å². The predicted octanol–water partition coefficient (Wildman–Crippen LogP) is 2.71. The summed E-state index contributed by atoms with van der Waals surface area (Å²) >= 11 is 0. The van der Waals surface area contributed by atoms with Gasteiger partial charge in [-0.1, -0.05) is 6.07 Å². The summed E-state index contributed by atoms with van der Waals surface area (Å²) in [5, 5.41) is 8.61. The molecule has 1 aromatic heterocycles. The Kier molecular flexibility index (Phi) is 3.87. The van der Waals surface area contributed by atoms with Crippen molar-refractivity contribution in [3.63, 3.8) is 0 Å². The van der Waals surface area contributed by atoms with Gasteiger partial charge in [0, 0.05) is 18.3 Å². The molecule has 90 valence electrons. The highest BCUT2D eigenvalue weighted by Gasteiger charge is 2.04. The van der Waals surface area contributed by atoms with Crippen LogP contribution in [-0.2, 0) is 6.42 Å². The molecule has 0 aliphatic rings. The number of halogens is 1. The molecule has 3 nitrogen and oxygen atoms in total. The fourth-order valence-electron chi connectivity index (χ4n) is 1.50. The second kappa shape index (κ2) is 5.78. The highest BCUT2D eigenvalue weighted by Crippen LogP contribution is 2.18. The first-order valence-corrected chi connectivity index (χ1v) is 5.52. The van der Waals surface area contributed by atoms with Crippen molar-refractivity contribution in [1.29, 1.82) is 5.26 Å². The number of nitrogens with zero attached hydrogens (tertiary/aromatic N) is 2. The van der Waals surface area contributed by atoms with Gasteiger partial charge in [0.2, 0.25) is 0 Å². The normalized spacial score (nSPS) is 9.78. The van der Waals surface area contributed by atoms with Gasteiger partial charge < -0.3 is 4.74 Å². The average Bonchev–Trinajstić information content (AvgIpc) is 2.42. The zero-order valence-corrected chi connectivity index (χ0v) is 9.64. The Balaban J connectivity index is 1.93. The fourth-order valence-corrected chi connectivity index (χ4v) is 1.50. The summed E-state index contributed by atoms with van der Waals surface area (Å²) in [6.45, 7) is 0.347. The molecule has 1 heterocycles. The lowest BCUT2D eigenvalue weighted by Crippen LogP contribution is -2.04. The van der Waals surface area contributed by atoms with E-state index in [9.17, 15) is 4.39 Å². The molecule has 0 unspecified atom stereocenters. The summed E-state index contributed by atoms with van der Waals surface area (Å²) in [5.41, 5.74) is 1.18. The molecular weight excluding hydrogens is 231 g/mol. The van der Waals surface area contributed by atoms with E-state index < -0.39 is 5.82 Å². The van der Waals surface area contributed by atoms with Crippen LogP contribution in [0.25, 0.3) is 0 Å². The maximum absolute atomic E-state index is 13.5. The second-order valence-electron chi connectivity index (χ2n) is 3.68. The van der Waals surface area contributed by atoms with Crippen LogP contribution < -0.4 is 4.74 Å². The molecule has 0 amide bonds. The lowest BCUT2D eigenvalue weighted by Gasteiger charge is -2.06. The number of hydrogen-bond donors (Lipinski definition) is 0. The predicted molar refractivity (Wildman–Crippen MR) is 64.6 cm³/mol. The van der Waals surface area contributed by atoms with Crippen molar-refractivity contribution >= 4 is 0 Å². The van der Waals surface area contributed by atoms with Gasteiger partial charge in [-0.05, 0) is 30.3 Å². The fraction of sp³-hybridized carbons (Fsp3) is 0.143. The Bertz CT molecular complexity index is 564. The van der Waals surface area contributed by atoms with Crippen LogP contribution in [0.15, 0.2) is 42.6 Å². The smallest absolute Gasteiger partial charge is 0.166 e. The Morgan fingerprint density at radius 3 is 2.83 bits per heavy atom. The van der Waals surface area contributed by atoms with Crippen LogP contribution in [0.4, 0.5) is 4.39 Å². The molecule has 0 fully saturated rings. The quantitative estimate of drug-likeness (QED) is 0.828. The minimum absolute atomic E-state index is 0.157. The molecule has 0 aliphatic heterocycles. The van der Waals surface area contributed by atoms with E-state index in [-0.39, 0.29) is 11.3 Å². The van der Waals surface area contributed by atoms with Crippen LogP contribution in [0.1, 0.15) is 11.3 Å². The van der Waals surface area contributed by atoms with Crippen LogP contribution in [0.2, 0.25) is 0 Å². The summed E-state index contributed by atoms with van der Waals surface area (Å²) in [6, 6.07) is 11.6. The lowest BCUT2D eigenvalue weighted by molar-refractivity contribution is 0.304. The monoisotopic (exact) mass is 242 g/mol. The third-order valence-electron chi connectivity index (χ3n) is 2.40. The molecule has 0 bridgehead atoms. The van der Waals surface area contributed by atoms with Gasteiger partial charge in [0.25, 0.3) is 0 Å². The number of aromatic nitrogens is 1. The molecule has 1 aromatic carbocycles. The topological polar surface area (TPSA) is 45.9 Å². The van der Waals surface area contributed by atoms with E-state index in [0.717, 1.165) is 11.8 Å². The molecule has 0 aliphatic carbocycles. The Labute approximate surface area is 104 Å². The van der Waals surface area contributed by atoms with Gasteiger partial charge in [0.05, 0.1) is 18.2 Å². The molecule has 18 heavy (non-hydrogen) atoms. The minimum atomic E-state index is -0.518. The molecule has 2 rings (SSSR count). The Morgan fingerprint density at radius 2 is 2.17 bits per heavy atom. The van der Waals surface area contributed by atoms with Crippen molar-refractivity contribution in [3.05, 3.63) is 59.7 Å². The Hall–Kier alpha value is -2.41. The summed E-state index contributed by atoms with van der Waals surface area (Å²) in [7, 11) is 0.